The average molecular weight is 565 g/mol. The first kappa shape index (κ1) is 28.8. The van der Waals surface area contributed by atoms with Crippen LogP contribution in [-0.2, 0) is 0 Å². The van der Waals surface area contributed by atoms with Crippen LogP contribution in [0.1, 0.15) is 67.9 Å². The minimum absolute atomic E-state index is 0.00313. The first-order valence-electron chi connectivity index (χ1n) is 14.4. The van der Waals surface area contributed by atoms with Crippen molar-refractivity contribution in [2.24, 2.45) is 5.73 Å². The summed E-state index contributed by atoms with van der Waals surface area (Å²) >= 11 is 0. The molecule has 0 bridgehead atoms. The summed E-state index contributed by atoms with van der Waals surface area (Å²) in [5, 5.41) is 15.2. The molecule has 4 N–H and O–H groups in total. The lowest BCUT2D eigenvalue weighted by Gasteiger charge is -2.37. The van der Waals surface area contributed by atoms with Gasteiger partial charge >= 0.3 is 0 Å². The normalized spacial score (nSPS) is 18.6. The summed E-state index contributed by atoms with van der Waals surface area (Å²) < 4.78 is 0. The fraction of sp³-hybridized carbons (Fsp3) is 0.333. The highest BCUT2D eigenvalue weighted by molar-refractivity contribution is 6.07. The summed E-state index contributed by atoms with van der Waals surface area (Å²) in [6, 6.07) is 21.7. The summed E-state index contributed by atoms with van der Waals surface area (Å²) in [5.74, 6) is -0.527. The van der Waals surface area contributed by atoms with Crippen molar-refractivity contribution in [3.63, 3.8) is 0 Å². The number of carbonyl (C=O) groups excluding carboxylic acids is 3. The van der Waals surface area contributed by atoms with E-state index in [9.17, 15) is 14.4 Å². The van der Waals surface area contributed by atoms with E-state index in [-0.39, 0.29) is 29.8 Å². The number of piperazine rings is 1. The number of nitriles is 1. The molecule has 42 heavy (non-hydrogen) atoms. The third kappa shape index (κ3) is 6.78. The molecule has 2 fully saturated rings. The van der Waals surface area contributed by atoms with Gasteiger partial charge in [-0.1, -0.05) is 17.7 Å². The number of nitrogens with zero attached hydrogens (tertiary/aromatic N) is 3. The van der Waals surface area contributed by atoms with Crippen LogP contribution in [0.3, 0.4) is 0 Å². The number of nitrogens with two attached hydrogens (primary N) is 1. The van der Waals surface area contributed by atoms with E-state index in [0.717, 1.165) is 36.9 Å². The summed E-state index contributed by atoms with van der Waals surface area (Å²) in [7, 11) is 0. The van der Waals surface area contributed by atoms with Crippen LogP contribution in [0.5, 0.6) is 0 Å². The monoisotopic (exact) mass is 564 g/mol. The molecular weight excluding hydrogens is 528 g/mol. The number of hydrogen-bond acceptors (Lipinski definition) is 6. The number of benzene rings is 3. The minimum atomic E-state index is -0.340. The second-order valence-electron chi connectivity index (χ2n) is 11.1. The van der Waals surface area contributed by atoms with Gasteiger partial charge in [0.1, 0.15) is 0 Å². The van der Waals surface area contributed by atoms with Gasteiger partial charge in [0.15, 0.2) is 0 Å². The Balaban J connectivity index is 1.34. The number of nitrogens with one attached hydrogen (secondary N) is 2. The molecule has 0 spiro atoms. The molecule has 1 aliphatic heterocycles. The number of hydrogen-bond donors (Lipinski definition) is 3. The maximum absolute atomic E-state index is 13.2. The predicted molar refractivity (Wildman–Crippen MR) is 163 cm³/mol. The molecule has 3 aromatic rings. The van der Waals surface area contributed by atoms with Gasteiger partial charge in [-0.25, -0.2) is 0 Å². The maximum Gasteiger partial charge on any atom is 0.255 e. The van der Waals surface area contributed by atoms with E-state index in [0.29, 0.717) is 54.1 Å². The van der Waals surface area contributed by atoms with Crippen LogP contribution in [0.25, 0.3) is 0 Å². The number of carbonyl (C=O) groups is 3. The van der Waals surface area contributed by atoms with Crippen molar-refractivity contribution >= 4 is 29.1 Å². The number of aryl methyl sites for hydroxylation is 1. The summed E-state index contributed by atoms with van der Waals surface area (Å²) in [5.41, 5.74) is 10.4. The molecule has 1 saturated heterocycles. The molecule has 1 heterocycles. The van der Waals surface area contributed by atoms with Crippen molar-refractivity contribution in [1.82, 2.24) is 10.2 Å². The minimum Gasteiger partial charge on any atom is -0.366 e. The second-order valence-corrected chi connectivity index (χ2v) is 11.1. The molecule has 9 nitrogen and oxygen atoms in total. The molecule has 0 atom stereocenters. The Morgan fingerprint density at radius 3 is 2.19 bits per heavy atom. The number of amides is 3. The van der Waals surface area contributed by atoms with Crippen molar-refractivity contribution < 1.29 is 14.4 Å². The Kier molecular flexibility index (Phi) is 8.84. The van der Waals surface area contributed by atoms with Crippen molar-refractivity contribution in [1.29, 1.82) is 5.26 Å². The van der Waals surface area contributed by atoms with Crippen molar-refractivity contribution in [3.05, 3.63) is 94.5 Å². The third-order valence-corrected chi connectivity index (χ3v) is 8.06. The van der Waals surface area contributed by atoms with E-state index in [2.05, 4.69) is 21.6 Å². The fourth-order valence-corrected chi connectivity index (χ4v) is 5.59. The molecule has 1 saturated carbocycles. The van der Waals surface area contributed by atoms with Gasteiger partial charge in [0.05, 0.1) is 23.0 Å². The summed E-state index contributed by atoms with van der Waals surface area (Å²) in [6.07, 6.45) is 3.46. The quantitative estimate of drug-likeness (QED) is 0.414. The topological polar surface area (TPSA) is 132 Å². The van der Waals surface area contributed by atoms with Gasteiger partial charge in [0.2, 0.25) is 0 Å². The van der Waals surface area contributed by atoms with Gasteiger partial charge in [0, 0.05) is 55.0 Å². The molecule has 3 amide bonds. The lowest BCUT2D eigenvalue weighted by molar-refractivity contribution is 0.0746. The molecule has 0 aromatic heterocycles. The lowest BCUT2D eigenvalue weighted by atomic mass is 9.91. The Morgan fingerprint density at radius 2 is 1.52 bits per heavy atom. The van der Waals surface area contributed by atoms with Gasteiger partial charge < -0.3 is 26.2 Å². The van der Waals surface area contributed by atoms with E-state index in [4.69, 9.17) is 11.0 Å². The summed E-state index contributed by atoms with van der Waals surface area (Å²) in [6.45, 7) is 4.18. The molecule has 0 radical (unpaired) electrons. The SMILES string of the molecule is Cc1cccc(C(=O)N2CCN(c3ccc(C(=O)NC4CCC(N)CC4)cc3NC(=O)c3ccc(C#N)cc3)CC2)c1. The molecule has 216 valence electrons. The molecule has 3 aromatic carbocycles. The highest BCUT2D eigenvalue weighted by Crippen LogP contribution is 2.30. The van der Waals surface area contributed by atoms with E-state index in [1.165, 1.54) is 0 Å². The molecule has 1 aliphatic carbocycles. The predicted octanol–water partition coefficient (Wildman–Crippen LogP) is 4.08. The van der Waals surface area contributed by atoms with Gasteiger partial charge in [-0.05, 0) is 87.2 Å². The van der Waals surface area contributed by atoms with Gasteiger partial charge in [0.25, 0.3) is 17.7 Å². The standard InChI is InChI=1S/C33H36N6O3/c1-22-3-2-4-26(19-22)33(42)39-17-15-38(16-18-39)30-14-9-25(32(41)36-28-12-10-27(35)11-13-28)20-29(30)37-31(40)24-7-5-23(21-34)6-8-24/h2-9,14,19-20,27-28H,10-13,15-18,35H2,1H3,(H,36,41)(H,37,40). The number of anilines is 2. The Morgan fingerprint density at radius 1 is 0.833 bits per heavy atom. The first-order chi connectivity index (χ1) is 20.3. The zero-order chi connectivity index (χ0) is 29.6. The highest BCUT2D eigenvalue weighted by atomic mass is 16.2. The Hall–Kier alpha value is -4.68. The first-order valence-corrected chi connectivity index (χ1v) is 14.4. The maximum atomic E-state index is 13.2. The van der Waals surface area contributed by atoms with Gasteiger partial charge in [-0.2, -0.15) is 5.26 Å². The zero-order valence-corrected chi connectivity index (χ0v) is 23.8. The molecule has 0 unspecified atom stereocenters. The molecule has 9 heteroatoms. The van der Waals surface area contributed by atoms with Crippen LogP contribution >= 0.6 is 0 Å². The summed E-state index contributed by atoms with van der Waals surface area (Å²) in [4.78, 5) is 43.5. The lowest BCUT2D eigenvalue weighted by Crippen LogP contribution is -2.49. The highest BCUT2D eigenvalue weighted by Gasteiger charge is 2.26. The Bertz CT molecular complexity index is 1500. The van der Waals surface area contributed by atoms with E-state index >= 15 is 0 Å². The van der Waals surface area contributed by atoms with Crippen LogP contribution in [0.2, 0.25) is 0 Å². The third-order valence-electron chi connectivity index (χ3n) is 8.06. The van der Waals surface area contributed by atoms with E-state index in [1.807, 2.05) is 42.2 Å². The van der Waals surface area contributed by atoms with E-state index < -0.39 is 0 Å². The van der Waals surface area contributed by atoms with Crippen LogP contribution in [0.15, 0.2) is 66.7 Å². The average Bonchev–Trinajstić information content (AvgIpc) is 3.02. The van der Waals surface area contributed by atoms with Crippen LogP contribution in [0.4, 0.5) is 11.4 Å². The van der Waals surface area contributed by atoms with Crippen LogP contribution < -0.4 is 21.3 Å². The smallest absolute Gasteiger partial charge is 0.255 e. The molecule has 2 aliphatic rings. The molecular formula is C33H36N6O3. The van der Waals surface area contributed by atoms with Gasteiger partial charge in [-0.15, -0.1) is 0 Å². The van der Waals surface area contributed by atoms with Crippen molar-refractivity contribution in [2.75, 3.05) is 36.4 Å². The number of rotatable bonds is 6. The molecule has 5 rings (SSSR count). The second kappa shape index (κ2) is 12.9. The zero-order valence-electron chi connectivity index (χ0n) is 23.8. The van der Waals surface area contributed by atoms with E-state index in [1.54, 1.807) is 36.4 Å². The van der Waals surface area contributed by atoms with Crippen molar-refractivity contribution in [2.45, 2.75) is 44.7 Å². The Labute approximate surface area is 246 Å². The van der Waals surface area contributed by atoms with Crippen LogP contribution in [-0.4, -0.2) is 60.9 Å². The largest absolute Gasteiger partial charge is 0.366 e. The van der Waals surface area contributed by atoms with Crippen molar-refractivity contribution in [3.8, 4) is 6.07 Å². The fourth-order valence-electron chi connectivity index (χ4n) is 5.59. The van der Waals surface area contributed by atoms with Gasteiger partial charge in [-0.3, -0.25) is 14.4 Å². The van der Waals surface area contributed by atoms with Crippen LogP contribution in [0, 0.1) is 18.3 Å².